The maximum Gasteiger partial charge on any atom is 0.234 e. The summed E-state index contributed by atoms with van der Waals surface area (Å²) < 4.78 is 13.2. The van der Waals surface area contributed by atoms with Crippen LogP contribution in [0.1, 0.15) is 35.4 Å². The molecular weight excluding hydrogens is 467 g/mol. The summed E-state index contributed by atoms with van der Waals surface area (Å²) in [5.41, 5.74) is 15.4. The topological polar surface area (TPSA) is 71.7 Å². The van der Waals surface area contributed by atoms with E-state index in [1.807, 2.05) is 77.7 Å². The van der Waals surface area contributed by atoms with Gasteiger partial charge < -0.3 is 9.80 Å². The molecule has 0 radical (unpaired) electrons. The molecule has 3 aromatic rings. The second-order valence-electron chi connectivity index (χ2n) is 9.93. The first-order chi connectivity index (χ1) is 18.1. The van der Waals surface area contributed by atoms with E-state index < -0.39 is 0 Å². The molecule has 0 aliphatic carbocycles. The SMILES string of the molecule is CN(CCCc1ccc(F)cc1)[C@H]1C[C@@H](C2NNNN2)N(C(=O)C(c2ccccc2)c2ccccc2)C1. The molecule has 4 N–H and O–H groups in total. The number of carbonyl (C=O) groups excluding carboxylic acids is 1. The number of nitrogens with one attached hydrogen (secondary N) is 4. The number of nitrogens with zero attached hydrogens (tertiary/aromatic N) is 2. The number of rotatable bonds is 9. The minimum atomic E-state index is -0.366. The molecule has 2 heterocycles. The largest absolute Gasteiger partial charge is 0.334 e. The monoisotopic (exact) mass is 502 g/mol. The van der Waals surface area contributed by atoms with Crippen molar-refractivity contribution in [3.05, 3.63) is 107 Å². The molecule has 1 amide bonds. The minimum absolute atomic E-state index is 0.0329. The van der Waals surface area contributed by atoms with Gasteiger partial charge in [0.05, 0.1) is 12.0 Å². The maximum absolute atomic E-state index is 14.3. The number of halogens is 1. The van der Waals surface area contributed by atoms with Crippen molar-refractivity contribution in [3.63, 3.8) is 0 Å². The lowest BCUT2D eigenvalue weighted by Crippen LogP contribution is -2.53. The number of benzene rings is 3. The molecular formula is C29H35FN6O. The van der Waals surface area contributed by atoms with Gasteiger partial charge in [0.25, 0.3) is 0 Å². The van der Waals surface area contributed by atoms with Crippen LogP contribution in [0.2, 0.25) is 0 Å². The fourth-order valence-corrected chi connectivity index (χ4v) is 5.49. The van der Waals surface area contributed by atoms with Gasteiger partial charge in [-0.3, -0.25) is 4.79 Å². The third-order valence-electron chi connectivity index (χ3n) is 7.53. The number of hydrazine groups is 3. The molecule has 8 heteroatoms. The smallest absolute Gasteiger partial charge is 0.234 e. The average Bonchev–Trinajstić information content (AvgIpc) is 3.62. The summed E-state index contributed by atoms with van der Waals surface area (Å²) in [7, 11) is 2.14. The Kier molecular flexibility index (Phi) is 8.23. The number of likely N-dealkylation sites (tertiary alicyclic amines) is 1. The third kappa shape index (κ3) is 6.06. The van der Waals surface area contributed by atoms with E-state index in [1.165, 1.54) is 12.1 Å². The first-order valence-electron chi connectivity index (χ1n) is 13.0. The maximum atomic E-state index is 14.3. The van der Waals surface area contributed by atoms with Gasteiger partial charge in [0, 0.05) is 12.6 Å². The van der Waals surface area contributed by atoms with Crippen LogP contribution in [0.25, 0.3) is 0 Å². The lowest BCUT2D eigenvalue weighted by atomic mass is 9.89. The van der Waals surface area contributed by atoms with Gasteiger partial charge in [-0.1, -0.05) is 72.8 Å². The van der Waals surface area contributed by atoms with Crippen molar-refractivity contribution in [2.75, 3.05) is 20.1 Å². The summed E-state index contributed by atoms with van der Waals surface area (Å²) >= 11 is 0. The predicted molar refractivity (Wildman–Crippen MR) is 142 cm³/mol. The van der Waals surface area contributed by atoms with E-state index in [-0.39, 0.29) is 35.9 Å². The van der Waals surface area contributed by atoms with Crippen molar-refractivity contribution in [1.82, 2.24) is 31.7 Å². The van der Waals surface area contributed by atoms with E-state index >= 15 is 0 Å². The molecule has 194 valence electrons. The van der Waals surface area contributed by atoms with E-state index in [2.05, 4.69) is 33.9 Å². The first kappa shape index (κ1) is 25.5. The summed E-state index contributed by atoms with van der Waals surface area (Å²) in [5.74, 6) is -0.458. The molecule has 3 aromatic carbocycles. The van der Waals surface area contributed by atoms with Crippen molar-refractivity contribution in [3.8, 4) is 0 Å². The van der Waals surface area contributed by atoms with Crippen LogP contribution < -0.4 is 21.9 Å². The Hall–Kier alpha value is -3.14. The molecule has 2 fully saturated rings. The second-order valence-corrected chi connectivity index (χ2v) is 9.93. The van der Waals surface area contributed by atoms with Crippen molar-refractivity contribution in [2.45, 2.75) is 43.4 Å². The van der Waals surface area contributed by atoms with E-state index in [1.54, 1.807) is 0 Å². The molecule has 2 atom stereocenters. The highest BCUT2D eigenvalue weighted by Crippen LogP contribution is 2.32. The van der Waals surface area contributed by atoms with Crippen molar-refractivity contribution in [2.24, 2.45) is 0 Å². The fraction of sp³-hybridized carbons (Fsp3) is 0.345. The number of carbonyl (C=O) groups is 1. The van der Waals surface area contributed by atoms with Gasteiger partial charge in [-0.25, -0.2) is 15.2 Å². The molecule has 7 nitrogen and oxygen atoms in total. The molecule has 0 spiro atoms. The standard InChI is InChI=1S/C29H35FN6O/c1-35(18-8-9-21-14-16-24(30)17-15-21)25-19-26(28-31-33-34-32-28)36(20-25)29(37)27(22-10-4-2-5-11-22)23-12-6-3-7-13-23/h2-7,10-17,25-28,31-34H,8-9,18-20H2,1H3/t25-,26-/m0/s1. The van der Waals surface area contributed by atoms with Crippen molar-refractivity contribution < 1.29 is 9.18 Å². The van der Waals surface area contributed by atoms with Crippen LogP contribution in [0.15, 0.2) is 84.9 Å². The van der Waals surface area contributed by atoms with Gasteiger partial charge >= 0.3 is 0 Å². The van der Waals surface area contributed by atoms with Gasteiger partial charge in [-0.2, -0.15) is 11.1 Å². The molecule has 5 rings (SSSR count). The number of aryl methyl sites for hydroxylation is 1. The zero-order chi connectivity index (χ0) is 25.6. The predicted octanol–water partition coefficient (Wildman–Crippen LogP) is 2.93. The fourth-order valence-electron chi connectivity index (χ4n) is 5.49. The molecule has 2 aliphatic heterocycles. The molecule has 0 aromatic heterocycles. The normalized spacial score (nSPS) is 20.3. The highest BCUT2D eigenvalue weighted by molar-refractivity contribution is 5.88. The number of hydrogen-bond acceptors (Lipinski definition) is 6. The number of amides is 1. The van der Waals surface area contributed by atoms with Crippen LogP contribution in [0.3, 0.4) is 0 Å². The van der Waals surface area contributed by atoms with E-state index in [0.29, 0.717) is 6.54 Å². The summed E-state index contributed by atoms with van der Waals surface area (Å²) in [6, 6.07) is 27.0. The van der Waals surface area contributed by atoms with Gasteiger partial charge in [0.2, 0.25) is 5.91 Å². The lowest BCUT2D eigenvalue weighted by Gasteiger charge is -2.32. The Labute approximate surface area is 218 Å². The second kappa shape index (κ2) is 11.9. The summed E-state index contributed by atoms with van der Waals surface area (Å²) in [4.78, 5) is 18.7. The zero-order valence-electron chi connectivity index (χ0n) is 21.1. The highest BCUT2D eigenvalue weighted by Gasteiger charge is 2.44. The Morgan fingerprint density at radius 2 is 1.54 bits per heavy atom. The minimum Gasteiger partial charge on any atom is -0.334 e. The Bertz CT molecular complexity index is 1100. The molecule has 2 saturated heterocycles. The van der Waals surface area contributed by atoms with Gasteiger partial charge in [-0.05, 0) is 61.7 Å². The van der Waals surface area contributed by atoms with E-state index in [0.717, 1.165) is 42.5 Å². The number of hydrogen-bond donors (Lipinski definition) is 4. The van der Waals surface area contributed by atoms with Crippen molar-refractivity contribution >= 4 is 5.91 Å². The first-order valence-corrected chi connectivity index (χ1v) is 13.0. The quantitative estimate of drug-likeness (QED) is 0.361. The highest BCUT2D eigenvalue weighted by atomic mass is 19.1. The Morgan fingerprint density at radius 1 is 0.946 bits per heavy atom. The zero-order valence-corrected chi connectivity index (χ0v) is 21.1. The van der Waals surface area contributed by atoms with Gasteiger partial charge in [-0.15, -0.1) is 0 Å². The van der Waals surface area contributed by atoms with Crippen LogP contribution in [0.4, 0.5) is 4.39 Å². The van der Waals surface area contributed by atoms with Gasteiger partial charge in [0.15, 0.2) is 0 Å². The molecule has 0 saturated carbocycles. The molecule has 0 bridgehead atoms. The van der Waals surface area contributed by atoms with E-state index in [9.17, 15) is 9.18 Å². The summed E-state index contributed by atoms with van der Waals surface area (Å²) in [5, 5.41) is 0. The number of likely N-dealkylation sites (N-methyl/N-ethyl adjacent to an activating group) is 1. The molecule has 0 unspecified atom stereocenters. The molecule has 2 aliphatic rings. The van der Waals surface area contributed by atoms with Crippen LogP contribution in [-0.4, -0.2) is 54.1 Å². The van der Waals surface area contributed by atoms with Crippen LogP contribution >= 0.6 is 0 Å². The van der Waals surface area contributed by atoms with Crippen molar-refractivity contribution in [1.29, 1.82) is 0 Å². The van der Waals surface area contributed by atoms with E-state index in [4.69, 9.17) is 0 Å². The van der Waals surface area contributed by atoms with Crippen LogP contribution in [-0.2, 0) is 11.2 Å². The Balaban J connectivity index is 1.32. The summed E-state index contributed by atoms with van der Waals surface area (Å²) in [6.07, 6.45) is 2.60. The average molecular weight is 503 g/mol. The van der Waals surface area contributed by atoms with Crippen LogP contribution in [0.5, 0.6) is 0 Å². The molecule has 37 heavy (non-hydrogen) atoms. The van der Waals surface area contributed by atoms with Crippen LogP contribution in [0, 0.1) is 5.82 Å². The van der Waals surface area contributed by atoms with Gasteiger partial charge in [0.1, 0.15) is 12.0 Å². The lowest BCUT2D eigenvalue weighted by molar-refractivity contribution is -0.133. The summed E-state index contributed by atoms with van der Waals surface area (Å²) in [6.45, 7) is 1.56. The third-order valence-corrected chi connectivity index (χ3v) is 7.53. The Morgan fingerprint density at radius 3 is 2.14 bits per heavy atom.